The van der Waals surface area contributed by atoms with Crippen molar-refractivity contribution in [3.63, 3.8) is 0 Å². The molecule has 0 unspecified atom stereocenters. The fourth-order valence-electron chi connectivity index (χ4n) is 5.47. The average Bonchev–Trinajstić information content (AvgIpc) is 3.29. The molecule has 1 heterocycles. The van der Waals surface area contributed by atoms with Gasteiger partial charge in [-0.1, -0.05) is 29.8 Å². The van der Waals surface area contributed by atoms with E-state index in [9.17, 15) is 27.9 Å². The molecule has 2 aromatic rings. The Morgan fingerprint density at radius 1 is 1.13 bits per heavy atom. The summed E-state index contributed by atoms with van der Waals surface area (Å²) in [5.74, 6) is -1.21. The molecule has 7 nitrogen and oxygen atoms in total. The Labute approximate surface area is 230 Å². The fourth-order valence-corrected chi connectivity index (χ4v) is 5.60. The molecule has 0 radical (unpaired) electrons. The van der Waals surface area contributed by atoms with Gasteiger partial charge in [0.25, 0.3) is 5.91 Å². The standard InChI is InChI=1S/C28H33ClF3N3O4/c1-2-39-24-17-35(22-10-12-27(38,13-11-22)19-6-8-21(29)9-7-19)16-23(24)34-25(36)15-33-26(37)18-4-3-5-20(14-18)28(30,31)32/h3-9,14,22-24,38H,2,10-13,15-17H2,1H3,(H,33,37)(H,34,36)/t22?,23-,24-,27?/m0/s1. The minimum Gasteiger partial charge on any atom is -0.385 e. The van der Waals surface area contributed by atoms with Crippen molar-refractivity contribution >= 4 is 23.4 Å². The molecule has 2 atom stereocenters. The summed E-state index contributed by atoms with van der Waals surface area (Å²) >= 11 is 5.99. The molecule has 1 aliphatic heterocycles. The Hall–Kier alpha value is -2.66. The molecule has 1 saturated heterocycles. The summed E-state index contributed by atoms with van der Waals surface area (Å²) in [6.45, 7) is 3.16. The van der Waals surface area contributed by atoms with Gasteiger partial charge in [0.2, 0.25) is 5.91 Å². The number of aliphatic hydroxyl groups is 1. The maximum Gasteiger partial charge on any atom is 0.416 e. The van der Waals surface area contributed by atoms with Gasteiger partial charge in [-0.3, -0.25) is 14.5 Å². The van der Waals surface area contributed by atoms with E-state index in [1.165, 1.54) is 6.07 Å². The number of nitrogens with zero attached hydrogens (tertiary/aromatic N) is 1. The Kier molecular flexibility index (Phi) is 9.21. The number of carbonyl (C=O) groups is 2. The number of amides is 2. The zero-order valence-electron chi connectivity index (χ0n) is 21.6. The van der Waals surface area contributed by atoms with Crippen LogP contribution in [0, 0.1) is 0 Å². The number of hydrogen-bond acceptors (Lipinski definition) is 5. The summed E-state index contributed by atoms with van der Waals surface area (Å²) in [6.07, 6.45) is -2.03. The number of rotatable bonds is 8. The van der Waals surface area contributed by atoms with E-state index in [2.05, 4.69) is 15.5 Å². The molecule has 2 aromatic carbocycles. The minimum atomic E-state index is -4.57. The second-order valence-electron chi connectivity index (χ2n) is 10.2. The summed E-state index contributed by atoms with van der Waals surface area (Å²) in [5.41, 5.74) is -1.14. The Morgan fingerprint density at radius 2 is 1.82 bits per heavy atom. The SMILES string of the molecule is CCO[C@H]1CN(C2CCC(O)(c3ccc(Cl)cc3)CC2)C[C@@H]1NC(=O)CNC(=O)c1cccc(C(F)(F)F)c1. The molecule has 1 aliphatic carbocycles. The molecular formula is C28H33ClF3N3O4. The third-order valence-electron chi connectivity index (χ3n) is 7.56. The van der Waals surface area contributed by atoms with Gasteiger partial charge in [0.15, 0.2) is 0 Å². The predicted molar refractivity (Wildman–Crippen MR) is 140 cm³/mol. The van der Waals surface area contributed by atoms with Crippen molar-refractivity contribution in [3.8, 4) is 0 Å². The Balaban J connectivity index is 1.30. The van der Waals surface area contributed by atoms with E-state index in [0.29, 0.717) is 37.6 Å². The van der Waals surface area contributed by atoms with Crippen LogP contribution in [0.3, 0.4) is 0 Å². The van der Waals surface area contributed by atoms with Crippen LogP contribution in [0.25, 0.3) is 0 Å². The first-order valence-corrected chi connectivity index (χ1v) is 13.4. The van der Waals surface area contributed by atoms with Gasteiger partial charge in [0.05, 0.1) is 29.9 Å². The highest BCUT2D eigenvalue weighted by Gasteiger charge is 2.42. The van der Waals surface area contributed by atoms with Crippen molar-refractivity contribution in [2.24, 2.45) is 0 Å². The lowest BCUT2D eigenvalue weighted by Gasteiger charge is -2.40. The van der Waals surface area contributed by atoms with Crippen LogP contribution in [0.1, 0.15) is 54.1 Å². The highest BCUT2D eigenvalue weighted by molar-refractivity contribution is 6.30. The summed E-state index contributed by atoms with van der Waals surface area (Å²) in [5, 5.41) is 17.1. The van der Waals surface area contributed by atoms with Crippen LogP contribution in [-0.4, -0.2) is 66.2 Å². The number of ether oxygens (including phenoxy) is 1. The summed E-state index contributed by atoms with van der Waals surface area (Å²) in [7, 11) is 0. The number of nitrogens with one attached hydrogen (secondary N) is 2. The largest absolute Gasteiger partial charge is 0.416 e. The van der Waals surface area contributed by atoms with Gasteiger partial charge in [-0.15, -0.1) is 0 Å². The number of alkyl halides is 3. The lowest BCUT2D eigenvalue weighted by atomic mass is 9.77. The minimum absolute atomic E-state index is 0.173. The zero-order chi connectivity index (χ0) is 28.2. The first-order chi connectivity index (χ1) is 18.5. The Morgan fingerprint density at radius 3 is 2.46 bits per heavy atom. The zero-order valence-corrected chi connectivity index (χ0v) is 22.4. The first-order valence-electron chi connectivity index (χ1n) is 13.1. The second-order valence-corrected chi connectivity index (χ2v) is 10.6. The van der Waals surface area contributed by atoms with Crippen molar-refractivity contribution in [1.82, 2.24) is 15.5 Å². The van der Waals surface area contributed by atoms with E-state index in [-0.39, 0.29) is 30.3 Å². The second kappa shape index (κ2) is 12.2. The molecule has 0 bridgehead atoms. The average molecular weight is 568 g/mol. The van der Waals surface area contributed by atoms with Gasteiger partial charge < -0.3 is 20.5 Å². The molecule has 212 valence electrons. The maximum atomic E-state index is 12.9. The third-order valence-corrected chi connectivity index (χ3v) is 7.82. The van der Waals surface area contributed by atoms with Gasteiger partial charge in [-0.2, -0.15) is 13.2 Å². The van der Waals surface area contributed by atoms with Gasteiger partial charge in [0, 0.05) is 36.3 Å². The van der Waals surface area contributed by atoms with Crippen LogP contribution in [0.5, 0.6) is 0 Å². The van der Waals surface area contributed by atoms with E-state index in [1.54, 1.807) is 12.1 Å². The van der Waals surface area contributed by atoms with Crippen molar-refractivity contribution in [1.29, 1.82) is 0 Å². The van der Waals surface area contributed by atoms with E-state index in [0.717, 1.165) is 36.6 Å². The number of benzene rings is 2. The molecule has 39 heavy (non-hydrogen) atoms. The molecule has 0 aromatic heterocycles. The monoisotopic (exact) mass is 567 g/mol. The van der Waals surface area contributed by atoms with Crippen LogP contribution >= 0.6 is 11.6 Å². The number of likely N-dealkylation sites (tertiary alicyclic amines) is 1. The molecular weight excluding hydrogens is 535 g/mol. The molecule has 1 saturated carbocycles. The smallest absolute Gasteiger partial charge is 0.385 e. The highest BCUT2D eigenvalue weighted by Crippen LogP contribution is 2.39. The van der Waals surface area contributed by atoms with Crippen molar-refractivity contribution in [2.45, 2.75) is 62.6 Å². The predicted octanol–water partition coefficient (Wildman–Crippen LogP) is 4.12. The van der Waals surface area contributed by atoms with E-state index in [1.807, 2.05) is 19.1 Å². The quantitative estimate of drug-likeness (QED) is 0.446. The summed E-state index contributed by atoms with van der Waals surface area (Å²) in [6, 6.07) is 11.3. The topological polar surface area (TPSA) is 90.9 Å². The number of halogens is 4. The van der Waals surface area contributed by atoms with Gasteiger partial charge in [0.1, 0.15) is 0 Å². The van der Waals surface area contributed by atoms with Gasteiger partial charge >= 0.3 is 6.18 Å². The summed E-state index contributed by atoms with van der Waals surface area (Å²) < 4.78 is 44.7. The third kappa shape index (κ3) is 7.30. The number of hydrogen-bond donors (Lipinski definition) is 3. The van der Waals surface area contributed by atoms with Crippen LogP contribution in [0.4, 0.5) is 13.2 Å². The van der Waals surface area contributed by atoms with Crippen molar-refractivity contribution in [2.75, 3.05) is 26.2 Å². The number of carbonyl (C=O) groups excluding carboxylic acids is 2. The fraction of sp³-hybridized carbons (Fsp3) is 0.500. The molecule has 3 N–H and O–H groups in total. The van der Waals surface area contributed by atoms with Crippen LogP contribution in [0.2, 0.25) is 5.02 Å². The van der Waals surface area contributed by atoms with Crippen LogP contribution in [0.15, 0.2) is 48.5 Å². The molecule has 2 aliphatic rings. The van der Waals surface area contributed by atoms with E-state index in [4.69, 9.17) is 16.3 Å². The molecule has 11 heteroatoms. The van der Waals surface area contributed by atoms with Crippen LogP contribution in [-0.2, 0) is 21.3 Å². The molecule has 2 amide bonds. The van der Waals surface area contributed by atoms with Gasteiger partial charge in [-0.05, 0) is 68.5 Å². The molecule has 4 rings (SSSR count). The lowest BCUT2D eigenvalue weighted by molar-refractivity contribution is -0.137. The van der Waals surface area contributed by atoms with Crippen molar-refractivity contribution in [3.05, 3.63) is 70.2 Å². The normalized spacial score (nSPS) is 25.8. The highest BCUT2D eigenvalue weighted by atomic mass is 35.5. The van der Waals surface area contributed by atoms with E-state index >= 15 is 0 Å². The first kappa shape index (κ1) is 29.3. The van der Waals surface area contributed by atoms with Gasteiger partial charge in [-0.25, -0.2) is 0 Å². The lowest BCUT2D eigenvalue weighted by Crippen LogP contribution is -2.48. The van der Waals surface area contributed by atoms with Crippen LogP contribution < -0.4 is 10.6 Å². The molecule has 0 spiro atoms. The van der Waals surface area contributed by atoms with Crippen molar-refractivity contribution < 1.29 is 32.6 Å². The maximum absolute atomic E-state index is 12.9. The summed E-state index contributed by atoms with van der Waals surface area (Å²) in [4.78, 5) is 27.3. The van der Waals surface area contributed by atoms with E-state index < -0.39 is 29.2 Å². The molecule has 2 fully saturated rings. The Bertz CT molecular complexity index is 1150.